The number of esters is 1. The third-order valence-electron chi connectivity index (χ3n) is 4.09. The standard InChI is InChI=1S/C22H16N2O4S/c1-14(20(26)24-21-18(13-23)11-12-29-21)28-22(27)17-9-7-16(8-10-17)19(25)15-5-3-2-4-6-15/h2-12,14H,1H3,(H,24,26)/t14-/m0/s1. The maximum atomic E-state index is 12.4. The summed E-state index contributed by atoms with van der Waals surface area (Å²) in [5.41, 5.74) is 1.57. The van der Waals surface area contributed by atoms with Crippen LogP contribution in [0.2, 0.25) is 0 Å². The van der Waals surface area contributed by atoms with Gasteiger partial charge >= 0.3 is 5.97 Å². The predicted molar refractivity (Wildman–Crippen MR) is 109 cm³/mol. The Morgan fingerprint density at radius 2 is 1.59 bits per heavy atom. The third-order valence-corrected chi connectivity index (χ3v) is 4.92. The third kappa shape index (κ3) is 4.75. The molecule has 0 unspecified atom stereocenters. The summed E-state index contributed by atoms with van der Waals surface area (Å²) in [6, 6.07) is 18.4. The minimum atomic E-state index is -1.05. The summed E-state index contributed by atoms with van der Waals surface area (Å²) in [6.07, 6.45) is -1.05. The van der Waals surface area contributed by atoms with E-state index in [1.165, 1.54) is 30.4 Å². The number of nitrogens with zero attached hydrogens (tertiary/aromatic N) is 1. The molecule has 29 heavy (non-hydrogen) atoms. The lowest BCUT2D eigenvalue weighted by molar-refractivity contribution is -0.123. The maximum absolute atomic E-state index is 12.4. The quantitative estimate of drug-likeness (QED) is 0.494. The first-order valence-corrected chi connectivity index (χ1v) is 9.57. The van der Waals surface area contributed by atoms with Crippen LogP contribution in [0, 0.1) is 11.3 Å². The van der Waals surface area contributed by atoms with E-state index in [9.17, 15) is 14.4 Å². The molecule has 1 atom stereocenters. The Kier molecular flexibility index (Phi) is 6.17. The summed E-state index contributed by atoms with van der Waals surface area (Å²) in [6.45, 7) is 1.44. The summed E-state index contributed by atoms with van der Waals surface area (Å²) >= 11 is 1.21. The smallest absolute Gasteiger partial charge is 0.338 e. The average molecular weight is 404 g/mol. The van der Waals surface area contributed by atoms with Crippen molar-refractivity contribution >= 4 is 34.0 Å². The highest BCUT2D eigenvalue weighted by Crippen LogP contribution is 2.22. The van der Waals surface area contributed by atoms with Crippen LogP contribution >= 0.6 is 11.3 Å². The monoisotopic (exact) mass is 404 g/mol. The lowest BCUT2D eigenvalue weighted by Crippen LogP contribution is -2.29. The van der Waals surface area contributed by atoms with Crippen LogP contribution in [0.25, 0.3) is 0 Å². The first kappa shape index (κ1) is 20.0. The molecule has 0 aliphatic carbocycles. The summed E-state index contributed by atoms with van der Waals surface area (Å²) in [5.74, 6) is -1.37. The molecule has 0 fully saturated rings. The topological polar surface area (TPSA) is 96.3 Å². The van der Waals surface area contributed by atoms with Gasteiger partial charge in [0.1, 0.15) is 11.1 Å². The van der Waals surface area contributed by atoms with Gasteiger partial charge in [0.15, 0.2) is 11.9 Å². The molecular formula is C22H16N2O4S. The maximum Gasteiger partial charge on any atom is 0.338 e. The van der Waals surface area contributed by atoms with Crippen LogP contribution in [-0.4, -0.2) is 23.8 Å². The van der Waals surface area contributed by atoms with Crippen LogP contribution < -0.4 is 5.32 Å². The molecule has 7 heteroatoms. The minimum absolute atomic E-state index is 0.150. The van der Waals surface area contributed by atoms with Gasteiger partial charge < -0.3 is 10.1 Å². The number of carbonyl (C=O) groups is 3. The highest BCUT2D eigenvalue weighted by Gasteiger charge is 2.21. The van der Waals surface area contributed by atoms with E-state index in [-0.39, 0.29) is 11.3 Å². The molecule has 0 aliphatic rings. The number of thiophene rings is 1. The molecule has 6 nitrogen and oxygen atoms in total. The Labute approximate surface area is 171 Å². The van der Waals surface area contributed by atoms with E-state index in [2.05, 4.69) is 5.32 Å². The number of carbonyl (C=O) groups excluding carboxylic acids is 3. The van der Waals surface area contributed by atoms with E-state index >= 15 is 0 Å². The number of hydrogen-bond acceptors (Lipinski definition) is 6. The van der Waals surface area contributed by atoms with Crippen LogP contribution in [-0.2, 0) is 9.53 Å². The van der Waals surface area contributed by atoms with Crippen molar-refractivity contribution in [3.63, 3.8) is 0 Å². The molecule has 0 saturated heterocycles. The van der Waals surface area contributed by atoms with Gasteiger partial charge in [-0.3, -0.25) is 9.59 Å². The zero-order valence-electron chi connectivity index (χ0n) is 15.4. The van der Waals surface area contributed by atoms with Crippen molar-refractivity contribution < 1.29 is 19.1 Å². The zero-order valence-corrected chi connectivity index (χ0v) is 16.2. The molecule has 0 radical (unpaired) electrons. The first-order chi connectivity index (χ1) is 14.0. The minimum Gasteiger partial charge on any atom is -0.449 e. The first-order valence-electron chi connectivity index (χ1n) is 8.69. The zero-order chi connectivity index (χ0) is 20.8. The Bertz CT molecular complexity index is 1080. The van der Waals surface area contributed by atoms with E-state index in [1.54, 1.807) is 47.8 Å². The highest BCUT2D eigenvalue weighted by molar-refractivity contribution is 7.14. The molecule has 1 heterocycles. The van der Waals surface area contributed by atoms with Crippen molar-refractivity contribution in [2.45, 2.75) is 13.0 Å². The number of benzene rings is 2. The SMILES string of the molecule is C[C@H](OC(=O)c1ccc(C(=O)c2ccccc2)cc1)C(=O)Nc1sccc1C#N. The predicted octanol–water partition coefficient (Wildman–Crippen LogP) is 4.03. The molecule has 0 aliphatic heterocycles. The average Bonchev–Trinajstić information content (AvgIpc) is 3.21. The molecule has 2 aromatic carbocycles. The molecule has 0 spiro atoms. The van der Waals surface area contributed by atoms with E-state index in [1.807, 2.05) is 12.1 Å². The second-order valence-electron chi connectivity index (χ2n) is 6.08. The largest absolute Gasteiger partial charge is 0.449 e. The lowest BCUT2D eigenvalue weighted by atomic mass is 10.0. The molecule has 1 N–H and O–H groups in total. The number of anilines is 1. The van der Waals surface area contributed by atoms with Crippen LogP contribution in [0.1, 0.15) is 38.8 Å². The lowest BCUT2D eigenvalue weighted by Gasteiger charge is -2.13. The number of nitrogens with one attached hydrogen (secondary N) is 1. The van der Waals surface area contributed by atoms with Crippen LogP contribution in [0.3, 0.4) is 0 Å². The molecule has 1 amide bonds. The van der Waals surface area contributed by atoms with Gasteiger partial charge in [-0.1, -0.05) is 42.5 Å². The number of ketones is 1. The van der Waals surface area contributed by atoms with E-state index in [4.69, 9.17) is 10.00 Å². The van der Waals surface area contributed by atoms with E-state index in [0.717, 1.165) is 0 Å². The van der Waals surface area contributed by atoms with Gasteiger partial charge in [-0.25, -0.2) is 4.79 Å². The van der Waals surface area contributed by atoms with Gasteiger partial charge in [-0.2, -0.15) is 5.26 Å². The Hall–Kier alpha value is -3.76. The van der Waals surface area contributed by atoms with Crippen LogP contribution in [0.5, 0.6) is 0 Å². The van der Waals surface area contributed by atoms with Crippen LogP contribution in [0.15, 0.2) is 66.0 Å². The van der Waals surface area contributed by atoms with Crippen molar-refractivity contribution in [2.75, 3.05) is 5.32 Å². The van der Waals surface area contributed by atoms with Gasteiger partial charge in [-0.05, 0) is 30.5 Å². The Morgan fingerprint density at radius 1 is 0.966 bits per heavy atom. The van der Waals surface area contributed by atoms with E-state index in [0.29, 0.717) is 21.7 Å². The summed E-state index contributed by atoms with van der Waals surface area (Å²) in [7, 11) is 0. The van der Waals surface area contributed by atoms with Gasteiger partial charge in [-0.15, -0.1) is 11.3 Å². The Balaban J connectivity index is 1.62. The summed E-state index contributed by atoms with van der Waals surface area (Å²) in [4.78, 5) is 36.9. The van der Waals surface area contributed by atoms with E-state index < -0.39 is 18.0 Å². The molecular weight excluding hydrogens is 388 g/mol. The fourth-order valence-corrected chi connectivity index (χ4v) is 3.24. The number of rotatable bonds is 6. The van der Waals surface area contributed by atoms with Crippen LogP contribution in [0.4, 0.5) is 5.00 Å². The normalized spacial score (nSPS) is 11.2. The highest BCUT2D eigenvalue weighted by atomic mass is 32.1. The molecule has 0 bridgehead atoms. The Morgan fingerprint density at radius 3 is 2.24 bits per heavy atom. The number of ether oxygens (including phenoxy) is 1. The second-order valence-corrected chi connectivity index (χ2v) is 7.00. The van der Waals surface area contributed by atoms with Gasteiger partial charge in [0.25, 0.3) is 5.91 Å². The molecule has 0 saturated carbocycles. The van der Waals surface area contributed by atoms with Gasteiger partial charge in [0, 0.05) is 11.1 Å². The molecule has 1 aromatic heterocycles. The van der Waals surface area contributed by atoms with Crippen molar-refractivity contribution in [3.8, 4) is 6.07 Å². The fraction of sp³-hybridized carbons (Fsp3) is 0.0909. The fourth-order valence-electron chi connectivity index (χ4n) is 2.50. The molecule has 3 rings (SSSR count). The number of amides is 1. The van der Waals surface area contributed by atoms with Crippen molar-refractivity contribution in [3.05, 3.63) is 88.3 Å². The van der Waals surface area contributed by atoms with Crippen molar-refractivity contribution in [2.24, 2.45) is 0 Å². The molecule has 3 aromatic rings. The molecule has 144 valence electrons. The second kappa shape index (κ2) is 8.95. The number of nitriles is 1. The summed E-state index contributed by atoms with van der Waals surface area (Å²) in [5, 5.41) is 13.6. The summed E-state index contributed by atoms with van der Waals surface area (Å²) < 4.78 is 5.19. The van der Waals surface area contributed by atoms with Crippen molar-refractivity contribution in [1.29, 1.82) is 5.26 Å². The van der Waals surface area contributed by atoms with Gasteiger partial charge in [0.2, 0.25) is 0 Å². The van der Waals surface area contributed by atoms with Gasteiger partial charge in [0.05, 0.1) is 11.1 Å². The number of hydrogen-bond donors (Lipinski definition) is 1. The van der Waals surface area contributed by atoms with Crippen molar-refractivity contribution in [1.82, 2.24) is 0 Å².